The van der Waals surface area contributed by atoms with Crippen molar-refractivity contribution in [2.24, 2.45) is 0 Å². The summed E-state index contributed by atoms with van der Waals surface area (Å²) in [5.74, 6) is 0.514. The lowest BCUT2D eigenvalue weighted by Crippen LogP contribution is -2.23. The molecule has 0 bridgehead atoms. The zero-order chi connectivity index (χ0) is 15.2. The molecule has 0 saturated carbocycles. The van der Waals surface area contributed by atoms with E-state index < -0.39 is 4.92 Å². The van der Waals surface area contributed by atoms with Gasteiger partial charge in [0.25, 0.3) is 5.69 Å². The highest BCUT2D eigenvalue weighted by atomic mass is 16.6. The van der Waals surface area contributed by atoms with Crippen molar-refractivity contribution in [3.05, 3.63) is 52.6 Å². The summed E-state index contributed by atoms with van der Waals surface area (Å²) in [5, 5.41) is 23.4. The molecule has 0 saturated heterocycles. The molecule has 2 aromatic rings. The van der Waals surface area contributed by atoms with Crippen molar-refractivity contribution >= 4 is 11.5 Å². The summed E-state index contributed by atoms with van der Waals surface area (Å²) in [6.45, 7) is 1.92. The molecule has 2 rings (SSSR count). The van der Waals surface area contributed by atoms with Gasteiger partial charge < -0.3 is 10.4 Å². The molecule has 2 N–H and O–H groups in total. The Labute approximate surface area is 122 Å². The lowest BCUT2D eigenvalue weighted by Gasteiger charge is -2.15. The van der Waals surface area contributed by atoms with Crippen LogP contribution in [0.1, 0.15) is 13.3 Å². The maximum absolute atomic E-state index is 11.1. The maximum Gasteiger partial charge on any atom is 0.295 e. The normalized spacial score (nSPS) is 11.9. The van der Waals surface area contributed by atoms with E-state index in [1.165, 1.54) is 6.07 Å². The summed E-state index contributed by atoms with van der Waals surface area (Å²) in [5.41, 5.74) is 0.965. The number of hydrogen-bond acceptors (Lipinski definition) is 5. The third-order valence-corrected chi connectivity index (χ3v) is 3.18. The van der Waals surface area contributed by atoms with Gasteiger partial charge in [0.1, 0.15) is 5.82 Å². The first kappa shape index (κ1) is 14.9. The molecule has 1 aromatic heterocycles. The Morgan fingerprint density at radius 3 is 2.57 bits per heavy atom. The van der Waals surface area contributed by atoms with Crippen LogP contribution in [0, 0.1) is 10.1 Å². The highest BCUT2D eigenvalue weighted by Crippen LogP contribution is 2.29. The van der Waals surface area contributed by atoms with E-state index in [1.54, 1.807) is 18.2 Å². The molecule has 0 aliphatic rings. The van der Waals surface area contributed by atoms with E-state index in [9.17, 15) is 15.2 Å². The van der Waals surface area contributed by atoms with Gasteiger partial charge in [-0.25, -0.2) is 4.98 Å². The number of nitrogens with zero attached hydrogens (tertiary/aromatic N) is 2. The smallest absolute Gasteiger partial charge is 0.295 e. The van der Waals surface area contributed by atoms with Gasteiger partial charge in [-0.05, 0) is 12.5 Å². The minimum Gasteiger partial charge on any atom is -0.394 e. The van der Waals surface area contributed by atoms with E-state index in [2.05, 4.69) is 10.3 Å². The summed E-state index contributed by atoms with van der Waals surface area (Å²) in [4.78, 5) is 15.0. The third-order valence-electron chi connectivity index (χ3n) is 3.18. The molecule has 6 nitrogen and oxygen atoms in total. The van der Waals surface area contributed by atoms with Crippen LogP contribution in [-0.4, -0.2) is 27.7 Å². The number of benzene rings is 1. The average molecular weight is 287 g/mol. The highest BCUT2D eigenvalue weighted by Gasteiger charge is 2.18. The quantitative estimate of drug-likeness (QED) is 0.630. The van der Waals surface area contributed by atoms with E-state index in [0.717, 1.165) is 6.42 Å². The SMILES string of the molecule is CCC(CO)Nc1ccc([N+](=O)[O-])c(-c2ccccc2)n1. The first-order valence-electron chi connectivity index (χ1n) is 6.74. The van der Waals surface area contributed by atoms with Gasteiger partial charge in [0.05, 0.1) is 17.6 Å². The average Bonchev–Trinajstić information content (AvgIpc) is 2.53. The minimum atomic E-state index is -0.442. The first-order chi connectivity index (χ1) is 10.2. The predicted molar refractivity (Wildman–Crippen MR) is 81.1 cm³/mol. The molecule has 0 amide bonds. The van der Waals surface area contributed by atoms with Crippen molar-refractivity contribution in [2.45, 2.75) is 19.4 Å². The van der Waals surface area contributed by atoms with E-state index in [0.29, 0.717) is 17.1 Å². The van der Waals surface area contributed by atoms with Crippen molar-refractivity contribution in [3.8, 4) is 11.3 Å². The molecule has 0 radical (unpaired) electrons. The molecular formula is C15H17N3O3. The first-order valence-corrected chi connectivity index (χ1v) is 6.74. The molecule has 0 aliphatic carbocycles. The standard InChI is InChI=1S/C15H17N3O3/c1-2-12(10-19)16-14-9-8-13(18(20)21)15(17-14)11-6-4-3-5-7-11/h3-9,12,19H,2,10H2,1H3,(H,16,17). The van der Waals surface area contributed by atoms with Gasteiger partial charge in [-0.2, -0.15) is 0 Å². The van der Waals surface area contributed by atoms with Crippen LogP contribution in [0.3, 0.4) is 0 Å². The summed E-state index contributed by atoms with van der Waals surface area (Å²) < 4.78 is 0. The molecule has 0 spiro atoms. The van der Waals surface area contributed by atoms with E-state index in [4.69, 9.17) is 0 Å². The van der Waals surface area contributed by atoms with Crippen molar-refractivity contribution in [3.63, 3.8) is 0 Å². The zero-order valence-corrected chi connectivity index (χ0v) is 11.7. The van der Waals surface area contributed by atoms with Gasteiger partial charge in [0.2, 0.25) is 0 Å². The number of hydrogen-bond donors (Lipinski definition) is 2. The Morgan fingerprint density at radius 2 is 2.00 bits per heavy atom. The lowest BCUT2D eigenvalue weighted by atomic mass is 10.1. The fraction of sp³-hybridized carbons (Fsp3) is 0.267. The van der Waals surface area contributed by atoms with Gasteiger partial charge in [0, 0.05) is 11.6 Å². The van der Waals surface area contributed by atoms with Crippen LogP contribution in [0.5, 0.6) is 0 Å². The number of pyridine rings is 1. The Bertz CT molecular complexity index is 613. The minimum absolute atomic E-state index is 0.0180. The van der Waals surface area contributed by atoms with Gasteiger partial charge in [-0.1, -0.05) is 37.3 Å². The molecule has 1 unspecified atom stereocenters. The predicted octanol–water partition coefficient (Wildman–Crippen LogP) is 2.84. The van der Waals surface area contributed by atoms with E-state index >= 15 is 0 Å². The summed E-state index contributed by atoms with van der Waals surface area (Å²) in [6.07, 6.45) is 0.732. The summed E-state index contributed by atoms with van der Waals surface area (Å²) in [7, 11) is 0. The van der Waals surface area contributed by atoms with Gasteiger partial charge >= 0.3 is 0 Å². The zero-order valence-electron chi connectivity index (χ0n) is 11.7. The number of rotatable bonds is 6. The van der Waals surface area contributed by atoms with Crippen LogP contribution >= 0.6 is 0 Å². The van der Waals surface area contributed by atoms with Gasteiger partial charge in [0.15, 0.2) is 5.69 Å². The molecule has 1 atom stereocenters. The van der Waals surface area contributed by atoms with Crippen molar-refractivity contribution in [2.75, 3.05) is 11.9 Å². The van der Waals surface area contributed by atoms with Gasteiger partial charge in [-0.15, -0.1) is 0 Å². The van der Waals surface area contributed by atoms with Crippen LogP contribution in [0.25, 0.3) is 11.3 Å². The molecule has 1 heterocycles. The molecule has 1 aromatic carbocycles. The maximum atomic E-state index is 11.1. The molecular weight excluding hydrogens is 270 g/mol. The number of aliphatic hydroxyl groups excluding tert-OH is 1. The summed E-state index contributed by atoms with van der Waals surface area (Å²) >= 11 is 0. The second-order valence-electron chi connectivity index (χ2n) is 4.62. The topological polar surface area (TPSA) is 88.3 Å². The Morgan fingerprint density at radius 1 is 1.29 bits per heavy atom. The second-order valence-corrected chi connectivity index (χ2v) is 4.62. The Kier molecular flexibility index (Phi) is 4.84. The van der Waals surface area contributed by atoms with E-state index in [-0.39, 0.29) is 18.3 Å². The molecule has 0 fully saturated rings. The number of aliphatic hydroxyl groups is 1. The Hall–Kier alpha value is -2.47. The molecule has 21 heavy (non-hydrogen) atoms. The monoisotopic (exact) mass is 287 g/mol. The number of nitro groups is 1. The van der Waals surface area contributed by atoms with Crippen LogP contribution < -0.4 is 5.32 Å². The van der Waals surface area contributed by atoms with Crippen molar-refractivity contribution in [1.82, 2.24) is 4.98 Å². The highest BCUT2D eigenvalue weighted by molar-refractivity contribution is 5.71. The number of nitrogens with one attached hydrogen (secondary N) is 1. The fourth-order valence-corrected chi connectivity index (χ4v) is 1.97. The van der Waals surface area contributed by atoms with Crippen LogP contribution in [0.4, 0.5) is 11.5 Å². The van der Waals surface area contributed by atoms with Gasteiger partial charge in [-0.3, -0.25) is 10.1 Å². The van der Waals surface area contributed by atoms with Crippen molar-refractivity contribution in [1.29, 1.82) is 0 Å². The molecule has 110 valence electrons. The van der Waals surface area contributed by atoms with Crippen LogP contribution in [-0.2, 0) is 0 Å². The van der Waals surface area contributed by atoms with E-state index in [1.807, 2.05) is 25.1 Å². The Balaban J connectivity index is 2.42. The van der Waals surface area contributed by atoms with Crippen LogP contribution in [0.2, 0.25) is 0 Å². The lowest BCUT2D eigenvalue weighted by molar-refractivity contribution is -0.384. The van der Waals surface area contributed by atoms with Crippen LogP contribution in [0.15, 0.2) is 42.5 Å². The molecule has 6 heteroatoms. The summed E-state index contributed by atoms with van der Waals surface area (Å²) in [6, 6.07) is 11.9. The number of anilines is 1. The number of aromatic nitrogens is 1. The fourth-order valence-electron chi connectivity index (χ4n) is 1.97. The largest absolute Gasteiger partial charge is 0.394 e. The van der Waals surface area contributed by atoms with Crippen molar-refractivity contribution < 1.29 is 10.0 Å². The molecule has 0 aliphatic heterocycles. The third kappa shape index (κ3) is 3.55. The second kappa shape index (κ2) is 6.81.